The third-order valence-corrected chi connectivity index (χ3v) is 2.26. The van der Waals surface area contributed by atoms with Crippen LogP contribution in [-0.2, 0) is 0 Å². The number of hydrogen-bond donors (Lipinski definition) is 0. The van der Waals surface area contributed by atoms with Crippen LogP contribution in [0.2, 0.25) is 5.02 Å². The minimum absolute atomic E-state index is 0.673. The number of thioether (sulfide) groups is 1. The molecule has 14 heavy (non-hydrogen) atoms. The Kier molecular flexibility index (Phi) is 4.29. The summed E-state index contributed by atoms with van der Waals surface area (Å²) in [6.07, 6.45) is 1.92. The van der Waals surface area contributed by atoms with Crippen molar-refractivity contribution in [2.75, 3.05) is 6.26 Å². The summed E-state index contributed by atoms with van der Waals surface area (Å²) in [5.41, 5.74) is 1.59. The van der Waals surface area contributed by atoms with E-state index in [1.807, 2.05) is 26.2 Å². The number of benzene rings is 1. The van der Waals surface area contributed by atoms with Crippen molar-refractivity contribution < 1.29 is 4.42 Å². The molecular weight excluding hydrogens is 218 g/mol. The van der Waals surface area contributed by atoms with E-state index in [0.717, 1.165) is 11.1 Å². The van der Waals surface area contributed by atoms with Gasteiger partial charge in [0.15, 0.2) is 5.58 Å². The molecule has 2 nitrogen and oxygen atoms in total. The molecule has 0 amide bonds. The van der Waals surface area contributed by atoms with Gasteiger partial charge in [-0.1, -0.05) is 37.2 Å². The Balaban J connectivity index is 0.000000461. The molecular formula is C10H12ClNOS. The first-order valence-electron chi connectivity index (χ1n) is 4.39. The molecule has 1 aromatic heterocycles. The Morgan fingerprint density at radius 2 is 2.07 bits per heavy atom. The molecule has 0 aliphatic carbocycles. The van der Waals surface area contributed by atoms with Crippen LogP contribution in [0.15, 0.2) is 27.8 Å². The molecule has 0 bridgehead atoms. The normalized spacial score (nSPS) is 9.71. The summed E-state index contributed by atoms with van der Waals surface area (Å²) < 4.78 is 5.37. The van der Waals surface area contributed by atoms with Crippen molar-refractivity contribution in [2.24, 2.45) is 0 Å². The summed E-state index contributed by atoms with van der Waals surface area (Å²) in [5.74, 6) is 0. The maximum atomic E-state index is 5.78. The van der Waals surface area contributed by atoms with Crippen LogP contribution in [0.25, 0.3) is 11.1 Å². The van der Waals surface area contributed by atoms with Crippen LogP contribution in [0.5, 0.6) is 0 Å². The van der Waals surface area contributed by atoms with Crippen LogP contribution in [-0.4, -0.2) is 11.2 Å². The van der Waals surface area contributed by atoms with Crippen LogP contribution in [0, 0.1) is 0 Å². The number of aromatic nitrogens is 1. The Morgan fingerprint density at radius 1 is 1.36 bits per heavy atom. The smallest absolute Gasteiger partial charge is 0.256 e. The van der Waals surface area contributed by atoms with Gasteiger partial charge < -0.3 is 4.42 Å². The first-order chi connectivity index (χ1) is 6.79. The van der Waals surface area contributed by atoms with Crippen LogP contribution in [0.4, 0.5) is 0 Å². The monoisotopic (exact) mass is 229 g/mol. The van der Waals surface area contributed by atoms with E-state index in [9.17, 15) is 0 Å². The standard InChI is InChI=1S/C8H6ClNOS.C2H6/c1-12-8-10-6-3-2-5(9)4-7(6)11-8;1-2/h2-4H,1H3;1-2H3. The quantitative estimate of drug-likeness (QED) is 0.685. The lowest BCUT2D eigenvalue weighted by atomic mass is 10.3. The highest BCUT2D eigenvalue weighted by atomic mass is 35.5. The lowest BCUT2D eigenvalue weighted by Crippen LogP contribution is -1.67. The number of nitrogens with zero attached hydrogens (tertiary/aromatic N) is 1. The number of fused-ring (bicyclic) bond motifs is 1. The number of hydrogen-bond acceptors (Lipinski definition) is 3. The van der Waals surface area contributed by atoms with E-state index in [0.29, 0.717) is 10.2 Å². The lowest BCUT2D eigenvalue weighted by molar-refractivity contribution is 0.490. The highest BCUT2D eigenvalue weighted by Gasteiger charge is 2.03. The van der Waals surface area contributed by atoms with Gasteiger partial charge in [0.05, 0.1) is 0 Å². The molecule has 2 aromatic rings. The van der Waals surface area contributed by atoms with Gasteiger partial charge in [0.25, 0.3) is 5.22 Å². The van der Waals surface area contributed by atoms with Crippen molar-refractivity contribution in [3.8, 4) is 0 Å². The summed E-state index contributed by atoms with van der Waals surface area (Å²) in [4.78, 5) is 4.21. The SMILES string of the molecule is CC.CSc1nc2ccc(Cl)cc2o1. The molecule has 0 unspecified atom stereocenters. The van der Waals surface area contributed by atoms with Crippen molar-refractivity contribution in [1.29, 1.82) is 0 Å². The molecule has 0 atom stereocenters. The van der Waals surface area contributed by atoms with Gasteiger partial charge in [-0.3, -0.25) is 0 Å². The molecule has 1 heterocycles. The maximum Gasteiger partial charge on any atom is 0.256 e. The molecule has 0 fully saturated rings. The summed E-state index contributed by atoms with van der Waals surface area (Å²) in [7, 11) is 0. The highest BCUT2D eigenvalue weighted by Crippen LogP contribution is 2.23. The van der Waals surface area contributed by atoms with Crippen LogP contribution >= 0.6 is 23.4 Å². The van der Waals surface area contributed by atoms with Gasteiger partial charge in [-0.15, -0.1) is 0 Å². The molecule has 0 saturated heterocycles. The minimum Gasteiger partial charge on any atom is -0.431 e. The Labute approximate surface area is 92.7 Å². The molecule has 0 radical (unpaired) electrons. The van der Waals surface area contributed by atoms with Crippen LogP contribution in [0.1, 0.15) is 13.8 Å². The first kappa shape index (κ1) is 11.4. The molecule has 1 aromatic carbocycles. The van der Waals surface area contributed by atoms with Crippen molar-refractivity contribution in [3.63, 3.8) is 0 Å². The van der Waals surface area contributed by atoms with Gasteiger partial charge in [-0.25, -0.2) is 4.98 Å². The average Bonchev–Trinajstić information content (AvgIpc) is 2.62. The fraction of sp³-hybridized carbons (Fsp3) is 0.300. The minimum atomic E-state index is 0.673. The van der Waals surface area contributed by atoms with Crippen molar-refractivity contribution in [1.82, 2.24) is 4.98 Å². The van der Waals surface area contributed by atoms with Gasteiger partial charge >= 0.3 is 0 Å². The second-order valence-electron chi connectivity index (χ2n) is 2.30. The topological polar surface area (TPSA) is 26.0 Å². The zero-order valence-corrected chi connectivity index (χ0v) is 9.95. The van der Waals surface area contributed by atoms with Gasteiger partial charge in [0.1, 0.15) is 5.52 Å². The second-order valence-corrected chi connectivity index (χ2v) is 3.49. The third-order valence-electron chi connectivity index (χ3n) is 1.51. The molecule has 0 spiro atoms. The predicted molar refractivity (Wildman–Crippen MR) is 62.1 cm³/mol. The lowest BCUT2D eigenvalue weighted by Gasteiger charge is -1.85. The van der Waals surface area contributed by atoms with E-state index < -0.39 is 0 Å². The number of oxazole rings is 1. The van der Waals surface area contributed by atoms with Crippen molar-refractivity contribution >= 4 is 34.5 Å². The summed E-state index contributed by atoms with van der Waals surface area (Å²) in [5, 5.41) is 1.35. The van der Waals surface area contributed by atoms with E-state index in [1.54, 1.807) is 12.1 Å². The number of rotatable bonds is 1. The van der Waals surface area contributed by atoms with Gasteiger partial charge in [0.2, 0.25) is 0 Å². The van der Waals surface area contributed by atoms with Crippen molar-refractivity contribution in [2.45, 2.75) is 19.1 Å². The molecule has 0 aliphatic heterocycles. The third kappa shape index (κ3) is 2.42. The summed E-state index contributed by atoms with van der Waals surface area (Å²) >= 11 is 7.26. The first-order valence-corrected chi connectivity index (χ1v) is 6.00. The predicted octanol–water partition coefficient (Wildman–Crippen LogP) is 4.23. The van der Waals surface area contributed by atoms with Gasteiger partial charge in [0, 0.05) is 11.1 Å². The fourth-order valence-corrected chi connectivity index (χ4v) is 1.49. The van der Waals surface area contributed by atoms with E-state index in [-0.39, 0.29) is 0 Å². The van der Waals surface area contributed by atoms with E-state index in [4.69, 9.17) is 16.0 Å². The second kappa shape index (κ2) is 5.27. The largest absolute Gasteiger partial charge is 0.431 e. The van der Waals surface area contributed by atoms with E-state index in [2.05, 4.69) is 4.98 Å². The van der Waals surface area contributed by atoms with Crippen molar-refractivity contribution in [3.05, 3.63) is 23.2 Å². The Hall–Kier alpha value is -0.670. The molecule has 76 valence electrons. The van der Waals surface area contributed by atoms with Gasteiger partial charge in [-0.05, 0) is 18.4 Å². The molecule has 0 N–H and O–H groups in total. The van der Waals surface area contributed by atoms with Gasteiger partial charge in [-0.2, -0.15) is 0 Å². The van der Waals surface area contributed by atoms with E-state index in [1.165, 1.54) is 11.8 Å². The molecule has 2 rings (SSSR count). The molecule has 0 aliphatic rings. The molecule has 4 heteroatoms. The van der Waals surface area contributed by atoms with Crippen LogP contribution < -0.4 is 0 Å². The highest BCUT2D eigenvalue weighted by molar-refractivity contribution is 7.98. The summed E-state index contributed by atoms with van der Waals surface area (Å²) in [6.45, 7) is 4.00. The Morgan fingerprint density at radius 3 is 2.71 bits per heavy atom. The number of halogens is 1. The zero-order valence-electron chi connectivity index (χ0n) is 8.37. The maximum absolute atomic E-state index is 5.78. The Bertz CT molecular complexity index is 413. The zero-order chi connectivity index (χ0) is 10.6. The van der Waals surface area contributed by atoms with E-state index >= 15 is 0 Å². The fourth-order valence-electron chi connectivity index (χ4n) is 0.965. The van der Waals surface area contributed by atoms with Crippen LogP contribution in [0.3, 0.4) is 0 Å². The average molecular weight is 230 g/mol. The summed E-state index contributed by atoms with van der Waals surface area (Å²) in [6, 6.07) is 5.42. The molecule has 0 saturated carbocycles.